The lowest BCUT2D eigenvalue weighted by Gasteiger charge is -2.37. The predicted molar refractivity (Wildman–Crippen MR) is 44.9 cm³/mol. The Morgan fingerprint density at radius 1 is 1.38 bits per heavy atom. The van der Waals surface area contributed by atoms with Crippen LogP contribution in [0.3, 0.4) is 0 Å². The van der Waals surface area contributed by atoms with Gasteiger partial charge in [0.05, 0.1) is 11.5 Å². The third-order valence-electron chi connectivity index (χ3n) is 3.97. The standard InChI is InChI=1S/C10H14O3/c11-9-6-1-2-7-3-8(13-9)5-10(7,12)4-6/h6-8,12H,1-5H2. The topological polar surface area (TPSA) is 46.5 Å². The maximum Gasteiger partial charge on any atom is 0.309 e. The number of aliphatic hydroxyl groups is 1. The van der Waals surface area contributed by atoms with Crippen molar-refractivity contribution in [2.75, 3.05) is 0 Å². The van der Waals surface area contributed by atoms with Crippen molar-refractivity contribution >= 4 is 5.97 Å². The molecule has 0 spiro atoms. The van der Waals surface area contributed by atoms with Gasteiger partial charge in [0.25, 0.3) is 0 Å². The van der Waals surface area contributed by atoms with Crippen LogP contribution in [0.2, 0.25) is 0 Å². The molecular formula is C10H14O3. The Balaban J connectivity index is 2.00. The molecule has 0 radical (unpaired) electrons. The van der Waals surface area contributed by atoms with Gasteiger partial charge in [-0.2, -0.15) is 0 Å². The average Bonchev–Trinajstić information content (AvgIpc) is 2.33. The van der Waals surface area contributed by atoms with Gasteiger partial charge in [-0.05, 0) is 31.6 Å². The van der Waals surface area contributed by atoms with Crippen molar-refractivity contribution in [3.8, 4) is 0 Å². The highest BCUT2D eigenvalue weighted by Gasteiger charge is 2.54. The van der Waals surface area contributed by atoms with Gasteiger partial charge in [0.1, 0.15) is 6.10 Å². The monoisotopic (exact) mass is 182 g/mol. The molecule has 2 aliphatic carbocycles. The van der Waals surface area contributed by atoms with Gasteiger partial charge in [0.15, 0.2) is 0 Å². The lowest BCUT2D eigenvalue weighted by Crippen LogP contribution is -2.41. The molecule has 3 fully saturated rings. The Bertz CT molecular complexity index is 263. The fourth-order valence-electron chi connectivity index (χ4n) is 3.30. The molecule has 3 heteroatoms. The third-order valence-corrected chi connectivity index (χ3v) is 3.97. The van der Waals surface area contributed by atoms with Crippen molar-refractivity contribution in [1.82, 2.24) is 0 Å². The zero-order valence-electron chi connectivity index (χ0n) is 7.53. The first-order valence-corrected chi connectivity index (χ1v) is 5.10. The van der Waals surface area contributed by atoms with Gasteiger partial charge in [-0.1, -0.05) is 0 Å². The summed E-state index contributed by atoms with van der Waals surface area (Å²) in [6.07, 6.45) is 4.14. The van der Waals surface area contributed by atoms with Crippen LogP contribution in [0.25, 0.3) is 0 Å². The number of fused-ring (bicyclic) bond motifs is 2. The molecule has 3 nitrogen and oxygen atoms in total. The van der Waals surface area contributed by atoms with E-state index >= 15 is 0 Å². The summed E-state index contributed by atoms with van der Waals surface area (Å²) in [6.45, 7) is 0. The van der Waals surface area contributed by atoms with Gasteiger partial charge in [-0.15, -0.1) is 0 Å². The number of rotatable bonds is 0. The number of carbonyl (C=O) groups is 1. The Kier molecular flexibility index (Phi) is 1.36. The van der Waals surface area contributed by atoms with Crippen molar-refractivity contribution in [1.29, 1.82) is 0 Å². The minimum absolute atomic E-state index is 0.00722. The predicted octanol–water partition coefficient (Wildman–Crippen LogP) is 0.853. The summed E-state index contributed by atoms with van der Waals surface area (Å²) >= 11 is 0. The van der Waals surface area contributed by atoms with Crippen LogP contribution in [0.1, 0.15) is 32.1 Å². The minimum atomic E-state index is -0.570. The molecule has 4 unspecified atom stereocenters. The third kappa shape index (κ3) is 0.966. The highest BCUT2D eigenvalue weighted by Crippen LogP contribution is 2.51. The summed E-state index contributed by atoms with van der Waals surface area (Å²) in [5.74, 6) is 0.299. The number of hydrogen-bond donors (Lipinski definition) is 1. The van der Waals surface area contributed by atoms with Crippen LogP contribution in [-0.4, -0.2) is 22.8 Å². The van der Waals surface area contributed by atoms with Gasteiger partial charge in [0, 0.05) is 6.42 Å². The number of carbonyl (C=O) groups excluding carboxylic acids is 1. The zero-order valence-corrected chi connectivity index (χ0v) is 7.53. The van der Waals surface area contributed by atoms with E-state index in [-0.39, 0.29) is 18.0 Å². The number of ether oxygens (including phenoxy) is 1. The van der Waals surface area contributed by atoms with Crippen LogP contribution in [-0.2, 0) is 9.53 Å². The molecule has 1 aliphatic heterocycles. The fourth-order valence-corrected chi connectivity index (χ4v) is 3.30. The quantitative estimate of drug-likeness (QED) is 0.565. The Morgan fingerprint density at radius 3 is 3.08 bits per heavy atom. The second-order valence-electron chi connectivity index (χ2n) is 4.78. The maximum atomic E-state index is 11.5. The van der Waals surface area contributed by atoms with E-state index in [9.17, 15) is 9.90 Å². The van der Waals surface area contributed by atoms with Crippen LogP contribution in [0.15, 0.2) is 0 Å². The van der Waals surface area contributed by atoms with Crippen LogP contribution >= 0.6 is 0 Å². The van der Waals surface area contributed by atoms with Crippen LogP contribution in [0.4, 0.5) is 0 Å². The molecule has 0 aromatic heterocycles. The van der Waals surface area contributed by atoms with E-state index in [4.69, 9.17) is 4.74 Å². The number of esters is 1. The van der Waals surface area contributed by atoms with E-state index in [1.807, 2.05) is 0 Å². The molecule has 3 bridgehead atoms. The van der Waals surface area contributed by atoms with Gasteiger partial charge in [-0.25, -0.2) is 0 Å². The first-order chi connectivity index (χ1) is 6.17. The molecule has 0 aromatic rings. The van der Waals surface area contributed by atoms with Crippen LogP contribution in [0.5, 0.6) is 0 Å². The Hall–Kier alpha value is -0.570. The summed E-state index contributed by atoms with van der Waals surface area (Å²) in [7, 11) is 0. The lowest BCUT2D eigenvalue weighted by atomic mass is 9.72. The van der Waals surface area contributed by atoms with Gasteiger partial charge in [0.2, 0.25) is 0 Å². The molecule has 72 valence electrons. The summed E-state index contributed by atoms with van der Waals surface area (Å²) in [5, 5.41) is 10.3. The molecule has 3 aliphatic rings. The van der Waals surface area contributed by atoms with Crippen molar-refractivity contribution in [3.05, 3.63) is 0 Å². The van der Waals surface area contributed by atoms with Crippen LogP contribution < -0.4 is 0 Å². The first-order valence-electron chi connectivity index (χ1n) is 5.10. The summed E-state index contributed by atoms with van der Waals surface area (Å²) in [5.41, 5.74) is -0.570. The van der Waals surface area contributed by atoms with Crippen molar-refractivity contribution in [3.63, 3.8) is 0 Å². The highest BCUT2D eigenvalue weighted by molar-refractivity contribution is 5.73. The summed E-state index contributed by atoms with van der Waals surface area (Å²) in [6, 6.07) is 0. The van der Waals surface area contributed by atoms with E-state index in [0.29, 0.717) is 18.8 Å². The maximum absolute atomic E-state index is 11.5. The molecule has 1 N–H and O–H groups in total. The molecule has 0 amide bonds. The molecule has 2 saturated carbocycles. The zero-order chi connectivity index (χ0) is 9.05. The van der Waals surface area contributed by atoms with Crippen LogP contribution in [0, 0.1) is 11.8 Å². The lowest BCUT2D eigenvalue weighted by molar-refractivity contribution is -0.157. The molecule has 3 rings (SSSR count). The van der Waals surface area contributed by atoms with Crippen molar-refractivity contribution in [2.24, 2.45) is 11.8 Å². The SMILES string of the molecule is O=C1OC2CC3CCC1CC3(O)C2. The molecule has 1 heterocycles. The Morgan fingerprint density at radius 2 is 2.23 bits per heavy atom. The largest absolute Gasteiger partial charge is 0.462 e. The number of hydrogen-bond acceptors (Lipinski definition) is 3. The second kappa shape index (κ2) is 2.27. The van der Waals surface area contributed by atoms with E-state index in [1.165, 1.54) is 0 Å². The molecular weight excluding hydrogens is 168 g/mol. The van der Waals surface area contributed by atoms with Crippen molar-refractivity contribution in [2.45, 2.75) is 43.8 Å². The normalized spacial score (nSPS) is 53.3. The molecule has 0 aromatic carbocycles. The van der Waals surface area contributed by atoms with Gasteiger partial charge in [-0.3, -0.25) is 4.79 Å². The van der Waals surface area contributed by atoms with E-state index in [0.717, 1.165) is 19.3 Å². The van der Waals surface area contributed by atoms with E-state index in [2.05, 4.69) is 0 Å². The van der Waals surface area contributed by atoms with Crippen molar-refractivity contribution < 1.29 is 14.6 Å². The smallest absolute Gasteiger partial charge is 0.309 e. The van der Waals surface area contributed by atoms with E-state index < -0.39 is 5.60 Å². The average molecular weight is 182 g/mol. The second-order valence-corrected chi connectivity index (χ2v) is 4.78. The van der Waals surface area contributed by atoms with E-state index in [1.54, 1.807) is 0 Å². The molecule has 4 atom stereocenters. The molecule has 13 heavy (non-hydrogen) atoms. The summed E-state index contributed by atoms with van der Waals surface area (Å²) in [4.78, 5) is 11.5. The first kappa shape index (κ1) is 7.80. The Labute approximate surface area is 77.1 Å². The molecule has 1 saturated heterocycles. The highest BCUT2D eigenvalue weighted by atomic mass is 16.5. The summed E-state index contributed by atoms with van der Waals surface area (Å²) < 4.78 is 5.30. The minimum Gasteiger partial charge on any atom is -0.462 e. The fraction of sp³-hybridized carbons (Fsp3) is 0.900. The van der Waals surface area contributed by atoms with Gasteiger partial charge < -0.3 is 9.84 Å². The van der Waals surface area contributed by atoms with Gasteiger partial charge >= 0.3 is 5.97 Å².